The Labute approximate surface area is 148 Å². The van der Waals surface area contributed by atoms with Gasteiger partial charge in [0.2, 0.25) is 0 Å². The molecule has 0 bridgehead atoms. The molecule has 25 heavy (non-hydrogen) atoms. The van der Waals surface area contributed by atoms with E-state index in [4.69, 9.17) is 4.74 Å². The van der Waals surface area contributed by atoms with Crippen molar-refractivity contribution in [1.29, 1.82) is 0 Å². The average Bonchev–Trinajstić information content (AvgIpc) is 3.15. The van der Waals surface area contributed by atoms with Crippen LogP contribution in [0, 0.1) is 0 Å². The van der Waals surface area contributed by atoms with E-state index in [1.165, 1.54) is 11.1 Å². The molecule has 2 aromatic heterocycles. The molecular formula is C20H24N4O. The lowest BCUT2D eigenvalue weighted by Crippen LogP contribution is -2.28. The smallest absolute Gasteiger partial charge is 0.0757 e. The molecule has 0 N–H and O–H groups in total. The molecule has 5 heteroatoms. The summed E-state index contributed by atoms with van der Waals surface area (Å²) in [7, 11) is 3.85. The fourth-order valence-electron chi connectivity index (χ4n) is 2.98. The molecule has 5 nitrogen and oxygen atoms in total. The highest BCUT2D eigenvalue weighted by atomic mass is 16.5. The molecule has 3 rings (SSSR count). The highest BCUT2D eigenvalue weighted by molar-refractivity contribution is 5.27. The molecule has 0 aliphatic heterocycles. The van der Waals surface area contributed by atoms with Gasteiger partial charge in [0.05, 0.1) is 24.9 Å². The van der Waals surface area contributed by atoms with Crippen LogP contribution in [-0.4, -0.2) is 40.4 Å². The van der Waals surface area contributed by atoms with Crippen LogP contribution in [0.1, 0.15) is 22.9 Å². The quantitative estimate of drug-likeness (QED) is 0.634. The van der Waals surface area contributed by atoms with Gasteiger partial charge in [0.1, 0.15) is 0 Å². The summed E-state index contributed by atoms with van der Waals surface area (Å²) in [6.07, 6.45) is 5.63. The summed E-state index contributed by atoms with van der Waals surface area (Å²) in [6, 6.07) is 16.6. The first kappa shape index (κ1) is 17.3. The number of pyridine rings is 1. The van der Waals surface area contributed by atoms with E-state index < -0.39 is 0 Å². The minimum Gasteiger partial charge on any atom is -0.383 e. The first-order chi connectivity index (χ1) is 12.3. The molecule has 0 saturated heterocycles. The van der Waals surface area contributed by atoms with E-state index in [1.807, 2.05) is 41.5 Å². The zero-order valence-corrected chi connectivity index (χ0v) is 14.7. The Morgan fingerprint density at radius 3 is 2.52 bits per heavy atom. The minimum absolute atomic E-state index is 0.115. The number of hydrogen-bond donors (Lipinski definition) is 0. The monoisotopic (exact) mass is 336 g/mol. The van der Waals surface area contributed by atoms with Crippen molar-refractivity contribution in [1.82, 2.24) is 19.7 Å². The van der Waals surface area contributed by atoms with Crippen LogP contribution in [-0.2, 0) is 17.8 Å². The molecule has 0 amide bonds. The van der Waals surface area contributed by atoms with Gasteiger partial charge in [0, 0.05) is 32.2 Å². The van der Waals surface area contributed by atoms with Gasteiger partial charge in [-0.25, -0.2) is 0 Å². The summed E-state index contributed by atoms with van der Waals surface area (Å²) < 4.78 is 7.39. The van der Waals surface area contributed by atoms with Crippen molar-refractivity contribution in [2.24, 2.45) is 0 Å². The summed E-state index contributed by atoms with van der Waals surface area (Å²) in [5.41, 5.74) is 3.59. The topological polar surface area (TPSA) is 43.2 Å². The summed E-state index contributed by atoms with van der Waals surface area (Å²) >= 11 is 0. The van der Waals surface area contributed by atoms with Gasteiger partial charge in [-0.15, -0.1) is 0 Å². The lowest BCUT2D eigenvalue weighted by molar-refractivity contribution is 0.0998. The van der Waals surface area contributed by atoms with E-state index in [0.29, 0.717) is 6.61 Å². The third-order valence-corrected chi connectivity index (χ3v) is 4.32. The molecule has 3 aromatic rings. The standard InChI is InChI=1S/C20H24N4O/c1-23(20(16-25-2)19-10-5-6-11-21-19)14-17-8-3-4-9-18(17)15-24-13-7-12-22-24/h3-13,20H,14-16H2,1-2H3/t20-/m0/s1. The maximum absolute atomic E-state index is 5.44. The Morgan fingerprint density at radius 1 is 1.04 bits per heavy atom. The van der Waals surface area contributed by atoms with Gasteiger partial charge in [0.15, 0.2) is 0 Å². The van der Waals surface area contributed by atoms with E-state index in [2.05, 4.69) is 52.4 Å². The fourth-order valence-corrected chi connectivity index (χ4v) is 2.98. The van der Waals surface area contributed by atoms with Crippen molar-refractivity contribution in [2.45, 2.75) is 19.1 Å². The van der Waals surface area contributed by atoms with Crippen molar-refractivity contribution >= 4 is 0 Å². The van der Waals surface area contributed by atoms with Crippen LogP contribution in [0.5, 0.6) is 0 Å². The number of benzene rings is 1. The molecule has 0 radical (unpaired) electrons. The Bertz CT molecular complexity index is 758. The van der Waals surface area contributed by atoms with Crippen LogP contribution in [0.2, 0.25) is 0 Å². The van der Waals surface area contributed by atoms with Crippen molar-refractivity contribution < 1.29 is 4.74 Å². The number of rotatable bonds is 8. The molecule has 0 aliphatic rings. The van der Waals surface area contributed by atoms with Crippen molar-refractivity contribution in [3.63, 3.8) is 0 Å². The van der Waals surface area contributed by atoms with Crippen LogP contribution >= 0.6 is 0 Å². The summed E-state index contributed by atoms with van der Waals surface area (Å²) in [6.45, 7) is 2.20. The SMILES string of the molecule is COC[C@@H](c1ccccn1)N(C)Cc1ccccc1Cn1cccn1. The number of hydrogen-bond acceptors (Lipinski definition) is 4. The molecule has 0 saturated carbocycles. The molecule has 1 atom stereocenters. The molecule has 130 valence electrons. The third kappa shape index (κ3) is 4.53. The Hall–Kier alpha value is -2.50. The molecule has 0 unspecified atom stereocenters. The summed E-state index contributed by atoms with van der Waals surface area (Å²) in [4.78, 5) is 6.79. The molecule has 0 spiro atoms. The average molecular weight is 336 g/mol. The maximum atomic E-state index is 5.44. The Morgan fingerprint density at radius 2 is 1.84 bits per heavy atom. The highest BCUT2D eigenvalue weighted by Gasteiger charge is 2.19. The predicted octanol–water partition coefficient (Wildman–Crippen LogP) is 3.15. The zero-order valence-electron chi connectivity index (χ0n) is 14.7. The van der Waals surface area contributed by atoms with Crippen LogP contribution in [0.15, 0.2) is 67.1 Å². The highest BCUT2D eigenvalue weighted by Crippen LogP contribution is 2.21. The summed E-state index contributed by atoms with van der Waals surface area (Å²) in [5.74, 6) is 0. The molecule has 0 fully saturated rings. The van der Waals surface area contributed by atoms with Gasteiger partial charge in [-0.05, 0) is 36.4 Å². The van der Waals surface area contributed by atoms with Crippen LogP contribution < -0.4 is 0 Å². The lowest BCUT2D eigenvalue weighted by atomic mass is 10.1. The van der Waals surface area contributed by atoms with Gasteiger partial charge < -0.3 is 4.74 Å². The van der Waals surface area contributed by atoms with Crippen molar-refractivity contribution in [3.05, 3.63) is 83.9 Å². The van der Waals surface area contributed by atoms with E-state index in [-0.39, 0.29) is 6.04 Å². The number of ether oxygens (including phenoxy) is 1. The molecule has 0 aliphatic carbocycles. The van der Waals surface area contributed by atoms with Gasteiger partial charge in [-0.1, -0.05) is 30.3 Å². The van der Waals surface area contributed by atoms with Gasteiger partial charge >= 0.3 is 0 Å². The second-order valence-corrected chi connectivity index (χ2v) is 6.11. The molecule has 1 aromatic carbocycles. The second kappa shape index (κ2) is 8.55. The van der Waals surface area contributed by atoms with Crippen molar-refractivity contribution in [3.8, 4) is 0 Å². The van der Waals surface area contributed by atoms with Crippen LogP contribution in [0.25, 0.3) is 0 Å². The van der Waals surface area contributed by atoms with E-state index in [1.54, 1.807) is 7.11 Å². The van der Waals surface area contributed by atoms with Gasteiger partial charge in [0.25, 0.3) is 0 Å². The predicted molar refractivity (Wildman–Crippen MR) is 98.1 cm³/mol. The second-order valence-electron chi connectivity index (χ2n) is 6.11. The van der Waals surface area contributed by atoms with Gasteiger partial charge in [-0.2, -0.15) is 5.10 Å². The first-order valence-electron chi connectivity index (χ1n) is 8.42. The number of aromatic nitrogens is 3. The van der Waals surface area contributed by atoms with Crippen LogP contribution in [0.3, 0.4) is 0 Å². The van der Waals surface area contributed by atoms with E-state index >= 15 is 0 Å². The van der Waals surface area contributed by atoms with E-state index in [9.17, 15) is 0 Å². The van der Waals surface area contributed by atoms with Crippen molar-refractivity contribution in [2.75, 3.05) is 20.8 Å². The maximum Gasteiger partial charge on any atom is 0.0757 e. The molecule has 2 heterocycles. The third-order valence-electron chi connectivity index (χ3n) is 4.32. The first-order valence-corrected chi connectivity index (χ1v) is 8.42. The number of likely N-dealkylation sites (N-methyl/N-ethyl adjacent to an activating group) is 1. The normalized spacial score (nSPS) is 12.4. The zero-order chi connectivity index (χ0) is 17.5. The van der Waals surface area contributed by atoms with Crippen LogP contribution in [0.4, 0.5) is 0 Å². The fraction of sp³-hybridized carbons (Fsp3) is 0.300. The minimum atomic E-state index is 0.115. The largest absolute Gasteiger partial charge is 0.383 e. The molecular weight excluding hydrogens is 312 g/mol. The Balaban J connectivity index is 1.78. The van der Waals surface area contributed by atoms with Gasteiger partial charge in [-0.3, -0.25) is 14.6 Å². The number of methoxy groups -OCH3 is 1. The number of nitrogens with zero attached hydrogens (tertiary/aromatic N) is 4. The van der Waals surface area contributed by atoms with E-state index in [0.717, 1.165) is 18.8 Å². The lowest BCUT2D eigenvalue weighted by Gasteiger charge is -2.28. The Kier molecular flexibility index (Phi) is 5.93. The summed E-state index contributed by atoms with van der Waals surface area (Å²) in [5, 5.41) is 4.32.